The SMILES string of the molecule is Cc1cc(C(F)(F)F)c2nnc(NS(=O)(=O)c3cc(C)c(Cl)cc3S)n2c1. The van der Waals surface area contributed by atoms with Crippen molar-refractivity contribution in [1.29, 1.82) is 0 Å². The zero-order valence-corrected chi connectivity index (χ0v) is 16.3. The number of nitrogens with zero attached hydrogens (tertiary/aromatic N) is 3. The maximum absolute atomic E-state index is 13.2. The lowest BCUT2D eigenvalue weighted by Gasteiger charge is -2.12. The van der Waals surface area contributed by atoms with E-state index in [1.807, 2.05) is 0 Å². The Hall–Kier alpha value is -1.98. The van der Waals surface area contributed by atoms with Crippen molar-refractivity contribution in [2.45, 2.75) is 29.8 Å². The molecule has 0 saturated carbocycles. The number of alkyl halides is 3. The number of anilines is 1. The third-order valence-electron chi connectivity index (χ3n) is 3.70. The largest absolute Gasteiger partial charge is 0.420 e. The smallest absolute Gasteiger partial charge is 0.267 e. The molecule has 144 valence electrons. The third kappa shape index (κ3) is 3.71. The molecule has 3 aromatic rings. The van der Waals surface area contributed by atoms with E-state index < -0.39 is 27.4 Å². The van der Waals surface area contributed by atoms with Crippen LogP contribution in [0.4, 0.5) is 19.1 Å². The number of pyridine rings is 1. The number of sulfonamides is 1. The first-order valence-corrected chi connectivity index (χ1v) is 9.65. The summed E-state index contributed by atoms with van der Waals surface area (Å²) in [5.41, 5.74) is -0.773. The minimum absolute atomic E-state index is 0.0825. The second kappa shape index (κ2) is 6.57. The second-order valence-electron chi connectivity index (χ2n) is 5.82. The van der Waals surface area contributed by atoms with Crippen LogP contribution < -0.4 is 4.72 Å². The van der Waals surface area contributed by atoms with Gasteiger partial charge in [0.15, 0.2) is 5.65 Å². The molecule has 0 fully saturated rings. The summed E-state index contributed by atoms with van der Waals surface area (Å²) in [4.78, 5) is -0.104. The van der Waals surface area contributed by atoms with Crippen molar-refractivity contribution in [3.8, 4) is 0 Å². The Labute approximate surface area is 162 Å². The molecule has 0 radical (unpaired) electrons. The number of thiol groups is 1. The second-order valence-corrected chi connectivity index (χ2v) is 8.36. The van der Waals surface area contributed by atoms with Crippen LogP contribution in [-0.2, 0) is 16.2 Å². The predicted molar refractivity (Wildman–Crippen MR) is 97.0 cm³/mol. The lowest BCUT2D eigenvalue weighted by atomic mass is 10.2. The maximum atomic E-state index is 13.2. The monoisotopic (exact) mass is 436 g/mol. The summed E-state index contributed by atoms with van der Waals surface area (Å²) < 4.78 is 68.1. The Balaban J connectivity index is 2.12. The molecule has 0 aliphatic carbocycles. The highest BCUT2D eigenvalue weighted by molar-refractivity contribution is 7.93. The third-order valence-corrected chi connectivity index (χ3v) is 6.00. The van der Waals surface area contributed by atoms with E-state index in [4.69, 9.17) is 11.6 Å². The lowest BCUT2D eigenvalue weighted by Crippen LogP contribution is -2.16. The standard InChI is InChI=1S/C15H12ClF3N4O2S2/c1-7-3-9(15(17,18)19)13-20-21-14(23(13)6-7)22-27(24,25)12-4-8(2)10(16)5-11(12)26/h3-6,26H,1-2H3,(H,21,22). The van der Waals surface area contributed by atoms with Crippen molar-refractivity contribution in [2.75, 3.05) is 4.72 Å². The van der Waals surface area contributed by atoms with Crippen LogP contribution in [0.5, 0.6) is 0 Å². The fraction of sp³-hybridized carbons (Fsp3) is 0.200. The summed E-state index contributed by atoms with van der Waals surface area (Å²) >= 11 is 10.0. The minimum atomic E-state index is -4.66. The van der Waals surface area contributed by atoms with Gasteiger partial charge >= 0.3 is 6.18 Å². The number of benzene rings is 1. The molecule has 27 heavy (non-hydrogen) atoms. The Bertz CT molecular complexity index is 1160. The number of hydrogen-bond donors (Lipinski definition) is 2. The van der Waals surface area contributed by atoms with E-state index in [1.165, 1.54) is 25.3 Å². The predicted octanol–water partition coefficient (Wildman–Crippen LogP) is 4.11. The first-order chi connectivity index (χ1) is 12.4. The van der Waals surface area contributed by atoms with Gasteiger partial charge in [-0.1, -0.05) is 11.6 Å². The van der Waals surface area contributed by atoms with Crippen LogP contribution in [0.1, 0.15) is 16.7 Å². The van der Waals surface area contributed by atoms with Gasteiger partial charge in [-0.3, -0.25) is 4.40 Å². The number of fused-ring (bicyclic) bond motifs is 1. The summed E-state index contributed by atoms with van der Waals surface area (Å²) in [6.07, 6.45) is -3.36. The Morgan fingerprint density at radius 3 is 2.48 bits per heavy atom. The molecular formula is C15H12ClF3N4O2S2. The molecule has 1 N–H and O–H groups in total. The lowest BCUT2D eigenvalue weighted by molar-refractivity contribution is -0.136. The summed E-state index contributed by atoms with van der Waals surface area (Å²) in [5.74, 6) is -0.375. The van der Waals surface area contributed by atoms with Gasteiger partial charge in [-0.25, -0.2) is 13.1 Å². The molecule has 0 spiro atoms. The van der Waals surface area contributed by atoms with E-state index in [1.54, 1.807) is 6.92 Å². The molecule has 0 bridgehead atoms. The Morgan fingerprint density at radius 2 is 1.85 bits per heavy atom. The van der Waals surface area contributed by atoms with Crippen molar-refractivity contribution in [2.24, 2.45) is 0 Å². The van der Waals surface area contributed by atoms with E-state index in [2.05, 4.69) is 27.5 Å². The topological polar surface area (TPSA) is 76.4 Å². The average molecular weight is 437 g/mol. The van der Waals surface area contributed by atoms with Crippen molar-refractivity contribution in [1.82, 2.24) is 14.6 Å². The van der Waals surface area contributed by atoms with Crippen LogP contribution in [0.2, 0.25) is 5.02 Å². The summed E-state index contributed by atoms with van der Waals surface area (Å²) in [6.45, 7) is 3.06. The van der Waals surface area contributed by atoms with Crippen molar-refractivity contribution in [3.63, 3.8) is 0 Å². The Morgan fingerprint density at radius 1 is 1.19 bits per heavy atom. The van der Waals surface area contributed by atoms with Gasteiger partial charge in [-0.15, -0.1) is 22.8 Å². The molecule has 1 aromatic carbocycles. The number of aryl methyl sites for hydroxylation is 2. The van der Waals surface area contributed by atoms with Crippen LogP contribution in [-0.4, -0.2) is 23.0 Å². The number of rotatable bonds is 3. The number of nitrogens with one attached hydrogen (secondary N) is 1. The minimum Gasteiger partial charge on any atom is -0.267 e. The average Bonchev–Trinajstić information content (AvgIpc) is 2.91. The molecule has 12 heteroatoms. The highest BCUT2D eigenvalue weighted by atomic mass is 35.5. The van der Waals surface area contributed by atoms with Crippen LogP contribution in [0.15, 0.2) is 34.2 Å². The summed E-state index contributed by atoms with van der Waals surface area (Å²) in [6, 6.07) is 3.59. The van der Waals surface area contributed by atoms with Gasteiger partial charge in [0.05, 0.1) is 0 Å². The van der Waals surface area contributed by atoms with Crippen LogP contribution in [0.3, 0.4) is 0 Å². The highest BCUT2D eigenvalue weighted by Gasteiger charge is 2.35. The van der Waals surface area contributed by atoms with Gasteiger partial charge < -0.3 is 0 Å². The molecule has 0 saturated heterocycles. The van der Waals surface area contributed by atoms with Crippen LogP contribution in [0, 0.1) is 13.8 Å². The van der Waals surface area contributed by atoms with Gasteiger partial charge in [0.2, 0.25) is 5.95 Å². The normalized spacial score (nSPS) is 12.6. The molecule has 0 aliphatic heterocycles. The van der Waals surface area contributed by atoms with Crippen LogP contribution in [0.25, 0.3) is 5.65 Å². The van der Waals surface area contributed by atoms with Gasteiger partial charge in [-0.2, -0.15) is 13.2 Å². The molecule has 3 rings (SSSR count). The van der Waals surface area contributed by atoms with E-state index in [0.717, 1.165) is 10.5 Å². The fourth-order valence-corrected chi connectivity index (χ4v) is 4.39. The van der Waals surface area contributed by atoms with E-state index in [0.29, 0.717) is 10.6 Å². The fourth-order valence-electron chi connectivity index (χ4n) is 2.44. The van der Waals surface area contributed by atoms with Gasteiger partial charge in [0, 0.05) is 16.1 Å². The van der Waals surface area contributed by atoms with Crippen molar-refractivity contribution >= 4 is 45.8 Å². The van der Waals surface area contributed by atoms with Crippen LogP contribution >= 0.6 is 24.2 Å². The first-order valence-electron chi connectivity index (χ1n) is 7.34. The summed E-state index contributed by atoms with van der Waals surface area (Å²) in [7, 11) is -4.20. The first kappa shape index (κ1) is 19.8. The van der Waals surface area contributed by atoms with Gasteiger partial charge in [0.25, 0.3) is 10.0 Å². The molecule has 2 heterocycles. The maximum Gasteiger partial charge on any atom is 0.420 e. The van der Waals surface area contributed by atoms with Gasteiger partial charge in [-0.05, 0) is 43.2 Å². The molecule has 0 atom stereocenters. The van der Waals surface area contributed by atoms with Gasteiger partial charge in [0.1, 0.15) is 10.5 Å². The Kier molecular flexibility index (Phi) is 4.81. The molecular weight excluding hydrogens is 425 g/mol. The quantitative estimate of drug-likeness (QED) is 0.606. The zero-order valence-electron chi connectivity index (χ0n) is 13.8. The number of hydrogen-bond acceptors (Lipinski definition) is 5. The number of halogens is 4. The van der Waals surface area contributed by atoms with E-state index >= 15 is 0 Å². The zero-order chi connectivity index (χ0) is 20.1. The molecule has 0 aliphatic rings. The summed E-state index contributed by atoms with van der Waals surface area (Å²) in [5, 5.41) is 7.38. The van der Waals surface area contributed by atoms with E-state index in [9.17, 15) is 21.6 Å². The molecule has 0 unspecified atom stereocenters. The van der Waals surface area contributed by atoms with E-state index in [-0.39, 0.29) is 21.3 Å². The number of aromatic nitrogens is 3. The van der Waals surface area contributed by atoms with Crippen molar-refractivity contribution < 1.29 is 21.6 Å². The highest BCUT2D eigenvalue weighted by Crippen LogP contribution is 2.34. The van der Waals surface area contributed by atoms with Crippen molar-refractivity contribution in [3.05, 3.63) is 46.1 Å². The molecule has 2 aromatic heterocycles. The molecule has 6 nitrogen and oxygen atoms in total. The molecule has 0 amide bonds.